The summed E-state index contributed by atoms with van der Waals surface area (Å²) < 4.78 is 0. The molecule has 1 aliphatic heterocycles. The molecule has 1 aliphatic rings. The largest absolute Gasteiger partial charge is 0.283 e. The minimum atomic E-state index is 0.0430. The highest BCUT2D eigenvalue weighted by molar-refractivity contribution is 5.95. The summed E-state index contributed by atoms with van der Waals surface area (Å²) in [4.78, 5) is 25.4. The molecule has 21 heavy (non-hydrogen) atoms. The van der Waals surface area contributed by atoms with Crippen molar-refractivity contribution < 1.29 is 9.59 Å². The molecule has 0 N–H and O–H groups in total. The number of carbonyl (C=O) groups excluding carboxylic acids is 2. The van der Waals surface area contributed by atoms with Gasteiger partial charge in [0.2, 0.25) is 11.8 Å². The van der Waals surface area contributed by atoms with Crippen molar-refractivity contribution in [3.63, 3.8) is 0 Å². The van der Waals surface area contributed by atoms with Crippen LogP contribution in [-0.2, 0) is 9.59 Å². The molecule has 0 aromatic carbocycles. The predicted octanol–water partition coefficient (Wildman–Crippen LogP) is 4.61. The highest BCUT2D eigenvalue weighted by Gasteiger charge is 2.22. The van der Waals surface area contributed by atoms with Gasteiger partial charge in [-0.15, -0.1) is 0 Å². The number of hydrogen-bond acceptors (Lipinski definition) is 2. The Morgan fingerprint density at radius 3 is 2.52 bits per heavy atom. The van der Waals surface area contributed by atoms with Gasteiger partial charge in [-0.05, 0) is 39.0 Å². The predicted molar refractivity (Wildman–Crippen MR) is 86.9 cm³/mol. The summed E-state index contributed by atoms with van der Waals surface area (Å²) in [5.74, 6) is 0.0939. The molecule has 2 amide bonds. The Bertz CT molecular complexity index is 336. The number of likely N-dealkylation sites (tertiary alicyclic amines) is 1. The summed E-state index contributed by atoms with van der Waals surface area (Å²) in [6.07, 6.45) is 16.7. The van der Waals surface area contributed by atoms with E-state index in [4.69, 9.17) is 0 Å². The van der Waals surface area contributed by atoms with E-state index in [1.807, 2.05) is 0 Å². The van der Waals surface area contributed by atoms with Crippen LogP contribution in [0.25, 0.3) is 0 Å². The lowest BCUT2D eigenvalue weighted by atomic mass is 10.1. The van der Waals surface area contributed by atoms with Crippen molar-refractivity contribution in [3.05, 3.63) is 12.2 Å². The Kier molecular flexibility index (Phi) is 9.84. The molecule has 0 radical (unpaired) electrons. The summed E-state index contributed by atoms with van der Waals surface area (Å²) in [5.41, 5.74) is 0. The van der Waals surface area contributed by atoms with E-state index >= 15 is 0 Å². The normalized spacial score (nSPS) is 16.4. The van der Waals surface area contributed by atoms with Crippen molar-refractivity contribution in [2.45, 2.75) is 84.0 Å². The lowest BCUT2D eigenvalue weighted by molar-refractivity contribution is -0.144. The quantitative estimate of drug-likeness (QED) is 0.460. The minimum Gasteiger partial charge on any atom is -0.283 e. The molecule has 0 aromatic heterocycles. The highest BCUT2D eigenvalue weighted by atomic mass is 16.2. The van der Waals surface area contributed by atoms with E-state index in [0.717, 1.165) is 32.1 Å². The topological polar surface area (TPSA) is 37.4 Å². The average Bonchev–Trinajstić information content (AvgIpc) is 2.70. The van der Waals surface area contributed by atoms with Crippen LogP contribution in [0.5, 0.6) is 0 Å². The Morgan fingerprint density at radius 2 is 1.76 bits per heavy atom. The van der Waals surface area contributed by atoms with Gasteiger partial charge in [0.15, 0.2) is 0 Å². The van der Waals surface area contributed by atoms with E-state index in [-0.39, 0.29) is 11.8 Å². The minimum absolute atomic E-state index is 0.0430. The molecule has 0 spiro atoms. The second-order valence-electron chi connectivity index (χ2n) is 5.98. The van der Waals surface area contributed by atoms with Crippen LogP contribution in [0.4, 0.5) is 0 Å². The molecular formula is C18H31NO2. The summed E-state index contributed by atoms with van der Waals surface area (Å²) in [7, 11) is 0. The Labute approximate surface area is 129 Å². The van der Waals surface area contributed by atoms with Gasteiger partial charge in [-0.1, -0.05) is 44.3 Å². The maximum atomic E-state index is 12.1. The van der Waals surface area contributed by atoms with Crippen LogP contribution in [0.1, 0.15) is 84.0 Å². The average molecular weight is 293 g/mol. The van der Waals surface area contributed by atoms with E-state index in [9.17, 15) is 9.59 Å². The van der Waals surface area contributed by atoms with Gasteiger partial charge in [-0.25, -0.2) is 0 Å². The number of nitrogens with zero attached hydrogens (tertiary/aromatic N) is 1. The molecule has 0 atom stereocenters. The van der Waals surface area contributed by atoms with Gasteiger partial charge in [0.05, 0.1) is 0 Å². The Hall–Kier alpha value is -1.12. The van der Waals surface area contributed by atoms with Gasteiger partial charge in [0.25, 0.3) is 0 Å². The Balaban J connectivity index is 2.03. The van der Waals surface area contributed by atoms with Gasteiger partial charge in [0, 0.05) is 19.4 Å². The first kappa shape index (κ1) is 17.9. The summed E-state index contributed by atoms with van der Waals surface area (Å²) in [6, 6.07) is 0. The van der Waals surface area contributed by atoms with Gasteiger partial charge < -0.3 is 0 Å². The zero-order chi connectivity index (χ0) is 15.3. The molecule has 3 heteroatoms. The molecule has 120 valence electrons. The molecule has 0 aromatic rings. The molecule has 0 aliphatic carbocycles. The third-order valence-electron chi connectivity index (χ3n) is 4.12. The summed E-state index contributed by atoms with van der Waals surface area (Å²) >= 11 is 0. The van der Waals surface area contributed by atoms with Crippen LogP contribution in [0.2, 0.25) is 0 Å². The van der Waals surface area contributed by atoms with Gasteiger partial charge in [-0.3, -0.25) is 14.5 Å². The number of carbonyl (C=O) groups is 2. The molecule has 1 rings (SSSR count). The first-order chi connectivity index (χ1) is 10.3. The number of hydrogen-bond donors (Lipinski definition) is 0. The maximum Gasteiger partial charge on any atom is 0.229 e. The fourth-order valence-corrected chi connectivity index (χ4v) is 2.79. The van der Waals surface area contributed by atoms with Gasteiger partial charge in [-0.2, -0.15) is 0 Å². The van der Waals surface area contributed by atoms with Crippen molar-refractivity contribution in [2.75, 3.05) is 6.54 Å². The maximum absolute atomic E-state index is 12.1. The van der Waals surface area contributed by atoms with Crippen LogP contribution in [0.15, 0.2) is 12.2 Å². The van der Waals surface area contributed by atoms with E-state index in [0.29, 0.717) is 19.4 Å². The summed E-state index contributed by atoms with van der Waals surface area (Å²) in [6.45, 7) is 2.70. The molecular weight excluding hydrogens is 262 g/mol. The fraction of sp³-hybridized carbons (Fsp3) is 0.778. The lowest BCUT2D eigenvalue weighted by Crippen LogP contribution is -2.36. The van der Waals surface area contributed by atoms with Gasteiger partial charge >= 0.3 is 0 Å². The SMILES string of the molecule is C/C=C/CCCCCCCCC(=O)N1CCCCCC1=O. The molecule has 1 heterocycles. The van der Waals surface area contributed by atoms with Crippen molar-refractivity contribution >= 4 is 11.8 Å². The van der Waals surface area contributed by atoms with E-state index < -0.39 is 0 Å². The summed E-state index contributed by atoms with van der Waals surface area (Å²) in [5, 5.41) is 0. The molecule has 0 bridgehead atoms. The van der Waals surface area contributed by atoms with Crippen LogP contribution in [-0.4, -0.2) is 23.3 Å². The number of amides is 2. The monoisotopic (exact) mass is 293 g/mol. The molecule has 0 unspecified atom stereocenters. The second kappa shape index (κ2) is 11.5. The number of rotatable bonds is 9. The molecule has 1 fully saturated rings. The highest BCUT2D eigenvalue weighted by Crippen LogP contribution is 2.14. The van der Waals surface area contributed by atoms with Crippen molar-refractivity contribution in [1.82, 2.24) is 4.90 Å². The Morgan fingerprint density at radius 1 is 1.05 bits per heavy atom. The van der Waals surface area contributed by atoms with Crippen molar-refractivity contribution in [3.8, 4) is 0 Å². The fourth-order valence-electron chi connectivity index (χ4n) is 2.79. The lowest BCUT2D eigenvalue weighted by Gasteiger charge is -2.18. The van der Waals surface area contributed by atoms with E-state index in [1.54, 1.807) is 0 Å². The third-order valence-corrected chi connectivity index (χ3v) is 4.12. The van der Waals surface area contributed by atoms with Crippen LogP contribution < -0.4 is 0 Å². The van der Waals surface area contributed by atoms with E-state index in [2.05, 4.69) is 19.1 Å². The molecule has 0 saturated carbocycles. The third kappa shape index (κ3) is 8.03. The van der Waals surface area contributed by atoms with Crippen LogP contribution in [0, 0.1) is 0 Å². The van der Waals surface area contributed by atoms with E-state index in [1.165, 1.54) is 37.0 Å². The van der Waals surface area contributed by atoms with Crippen LogP contribution in [0.3, 0.4) is 0 Å². The van der Waals surface area contributed by atoms with Crippen molar-refractivity contribution in [2.24, 2.45) is 0 Å². The number of unbranched alkanes of at least 4 members (excludes halogenated alkanes) is 6. The standard InChI is InChI=1S/C18H31NO2/c1-2-3-4-5-6-7-8-9-11-14-17(20)19-16-13-10-12-15-18(19)21/h2-3H,4-16H2,1H3/b3-2+. The van der Waals surface area contributed by atoms with Gasteiger partial charge in [0.1, 0.15) is 0 Å². The zero-order valence-electron chi connectivity index (χ0n) is 13.6. The smallest absolute Gasteiger partial charge is 0.229 e. The zero-order valence-corrected chi connectivity index (χ0v) is 13.6. The molecule has 3 nitrogen and oxygen atoms in total. The molecule has 1 saturated heterocycles. The number of allylic oxidation sites excluding steroid dienone is 2. The first-order valence-electron chi connectivity index (χ1n) is 8.70. The second-order valence-corrected chi connectivity index (χ2v) is 5.98. The van der Waals surface area contributed by atoms with Crippen molar-refractivity contribution in [1.29, 1.82) is 0 Å². The number of imide groups is 1. The first-order valence-corrected chi connectivity index (χ1v) is 8.70. The van der Waals surface area contributed by atoms with Crippen LogP contribution >= 0.6 is 0 Å².